The highest BCUT2D eigenvalue weighted by molar-refractivity contribution is 5.81. The molecule has 1 aromatic carbocycles. The summed E-state index contributed by atoms with van der Waals surface area (Å²) in [7, 11) is 1.56. The van der Waals surface area contributed by atoms with Crippen LogP contribution in [0.1, 0.15) is 0 Å². The summed E-state index contributed by atoms with van der Waals surface area (Å²) in [6.45, 7) is -0.488. The van der Waals surface area contributed by atoms with Crippen LogP contribution in [0.5, 0.6) is 0 Å². The van der Waals surface area contributed by atoms with E-state index in [0.717, 1.165) is 4.90 Å². The summed E-state index contributed by atoms with van der Waals surface area (Å²) in [5, 5.41) is 2.65. The number of aromatic nitrogens is 2. The topological polar surface area (TPSA) is 59.3 Å². The Morgan fingerprint density at radius 1 is 1.29 bits per heavy atom. The fourth-order valence-corrected chi connectivity index (χ4v) is 3.04. The fraction of sp³-hybridized carbons (Fsp3) is 0.467. The number of imidazole rings is 1. The summed E-state index contributed by atoms with van der Waals surface area (Å²) in [6.07, 6.45) is -4.51. The molecular formula is C15H17F3N4O2. The molecule has 130 valence electrons. The van der Waals surface area contributed by atoms with Gasteiger partial charge in [-0.05, 0) is 12.1 Å². The van der Waals surface area contributed by atoms with Gasteiger partial charge in [0.1, 0.15) is 12.6 Å². The van der Waals surface area contributed by atoms with Crippen molar-refractivity contribution in [3.63, 3.8) is 0 Å². The van der Waals surface area contributed by atoms with Gasteiger partial charge < -0.3 is 10.2 Å². The zero-order valence-corrected chi connectivity index (χ0v) is 13.0. The smallest absolute Gasteiger partial charge is 0.326 e. The highest BCUT2D eigenvalue weighted by Crippen LogP contribution is 2.26. The second-order valence-corrected chi connectivity index (χ2v) is 5.77. The van der Waals surface area contributed by atoms with Crippen LogP contribution >= 0.6 is 0 Å². The molecule has 1 N–H and O–H groups in total. The Kier molecular flexibility index (Phi) is 4.12. The molecule has 1 aliphatic heterocycles. The van der Waals surface area contributed by atoms with E-state index in [1.54, 1.807) is 31.3 Å². The number of carbonyl (C=O) groups is 1. The van der Waals surface area contributed by atoms with Gasteiger partial charge in [-0.15, -0.1) is 0 Å². The van der Waals surface area contributed by atoms with E-state index in [1.165, 1.54) is 9.13 Å². The number of halogens is 3. The van der Waals surface area contributed by atoms with Crippen LogP contribution < -0.4 is 11.0 Å². The Labute approximate surface area is 135 Å². The molecule has 6 nitrogen and oxygen atoms in total. The molecule has 1 fully saturated rings. The maximum atomic E-state index is 13.1. The van der Waals surface area contributed by atoms with Gasteiger partial charge >= 0.3 is 11.9 Å². The van der Waals surface area contributed by atoms with Crippen molar-refractivity contribution in [2.24, 2.45) is 7.05 Å². The van der Waals surface area contributed by atoms with Crippen LogP contribution in [0.25, 0.3) is 11.0 Å². The van der Waals surface area contributed by atoms with Gasteiger partial charge in [0.15, 0.2) is 0 Å². The monoisotopic (exact) mass is 342 g/mol. The number of rotatable bonds is 2. The van der Waals surface area contributed by atoms with Gasteiger partial charge in [-0.3, -0.25) is 13.9 Å². The van der Waals surface area contributed by atoms with Gasteiger partial charge in [0.05, 0.1) is 11.0 Å². The van der Waals surface area contributed by atoms with Crippen LogP contribution in [-0.2, 0) is 18.4 Å². The number of nitrogens with one attached hydrogen (secondary N) is 1. The van der Waals surface area contributed by atoms with Crippen molar-refractivity contribution in [2.45, 2.75) is 18.8 Å². The van der Waals surface area contributed by atoms with Gasteiger partial charge in [0.2, 0.25) is 5.91 Å². The second-order valence-electron chi connectivity index (χ2n) is 5.77. The van der Waals surface area contributed by atoms with E-state index in [0.29, 0.717) is 17.6 Å². The molecule has 2 heterocycles. The van der Waals surface area contributed by atoms with E-state index < -0.39 is 30.4 Å². The molecule has 1 aromatic heterocycles. The first-order valence-corrected chi connectivity index (χ1v) is 7.52. The molecule has 9 heteroatoms. The van der Waals surface area contributed by atoms with Crippen LogP contribution in [0.3, 0.4) is 0 Å². The van der Waals surface area contributed by atoms with Crippen molar-refractivity contribution in [3.05, 3.63) is 34.7 Å². The van der Waals surface area contributed by atoms with Crippen molar-refractivity contribution in [1.29, 1.82) is 0 Å². The third-order valence-corrected chi connectivity index (χ3v) is 4.29. The van der Waals surface area contributed by atoms with Crippen molar-refractivity contribution in [3.8, 4) is 0 Å². The normalized spacial score (nSPS) is 19.0. The molecule has 24 heavy (non-hydrogen) atoms. The van der Waals surface area contributed by atoms with Gasteiger partial charge in [0, 0.05) is 26.7 Å². The van der Waals surface area contributed by atoms with E-state index >= 15 is 0 Å². The fourth-order valence-electron chi connectivity index (χ4n) is 3.04. The van der Waals surface area contributed by atoms with E-state index in [4.69, 9.17) is 0 Å². The largest absolute Gasteiger partial charge is 0.410 e. The van der Waals surface area contributed by atoms with Gasteiger partial charge in [0.25, 0.3) is 0 Å². The Bertz CT molecular complexity index is 824. The lowest BCUT2D eigenvalue weighted by Gasteiger charge is -2.37. The molecule has 1 amide bonds. The Morgan fingerprint density at radius 2 is 1.96 bits per heavy atom. The summed E-state index contributed by atoms with van der Waals surface area (Å²) in [6, 6.07) is 4.99. The summed E-state index contributed by atoms with van der Waals surface area (Å²) < 4.78 is 42.0. The van der Waals surface area contributed by atoms with E-state index in [2.05, 4.69) is 5.32 Å². The van der Waals surface area contributed by atoms with Crippen molar-refractivity contribution >= 4 is 16.9 Å². The third-order valence-electron chi connectivity index (χ3n) is 4.29. The number of hydrogen-bond acceptors (Lipinski definition) is 3. The maximum absolute atomic E-state index is 13.1. The van der Waals surface area contributed by atoms with Crippen molar-refractivity contribution in [1.82, 2.24) is 19.4 Å². The number of aryl methyl sites for hydroxylation is 1. The summed E-state index contributed by atoms with van der Waals surface area (Å²) in [4.78, 5) is 25.6. The number of para-hydroxylation sites is 2. The van der Waals surface area contributed by atoms with E-state index in [-0.39, 0.29) is 13.1 Å². The van der Waals surface area contributed by atoms with E-state index in [1.807, 2.05) is 0 Å². The quantitative estimate of drug-likeness (QED) is 0.874. The first-order chi connectivity index (χ1) is 11.3. The van der Waals surface area contributed by atoms with Crippen LogP contribution in [0.4, 0.5) is 13.2 Å². The van der Waals surface area contributed by atoms with Gasteiger partial charge in [-0.1, -0.05) is 12.1 Å². The number of carbonyl (C=O) groups excluding carboxylic acids is 1. The van der Waals surface area contributed by atoms with Gasteiger partial charge in [-0.25, -0.2) is 4.79 Å². The molecule has 3 rings (SSSR count). The highest BCUT2D eigenvalue weighted by atomic mass is 19.4. The van der Waals surface area contributed by atoms with Gasteiger partial charge in [-0.2, -0.15) is 13.2 Å². The molecule has 0 spiro atoms. The number of alkyl halides is 3. The van der Waals surface area contributed by atoms with E-state index in [9.17, 15) is 22.8 Å². The number of piperazine rings is 1. The summed E-state index contributed by atoms with van der Waals surface area (Å²) in [5.74, 6) is -0.711. The average Bonchev–Trinajstić information content (AvgIpc) is 2.79. The molecule has 1 aliphatic rings. The number of amides is 1. The standard InChI is InChI=1S/C15H17F3N4O2/c1-20-10-4-2-3-5-11(10)22(14(20)24)9-13(23)21-7-6-19-8-12(21)15(16,17)18/h2-5,12,19H,6-9H2,1H3. The summed E-state index contributed by atoms with van der Waals surface area (Å²) >= 11 is 0. The Hall–Kier alpha value is -2.29. The van der Waals surface area contributed by atoms with Crippen molar-refractivity contribution in [2.75, 3.05) is 19.6 Å². The minimum Gasteiger partial charge on any atom is -0.326 e. The number of fused-ring (bicyclic) bond motifs is 1. The second kappa shape index (κ2) is 5.97. The van der Waals surface area contributed by atoms with Crippen LogP contribution in [0, 0.1) is 0 Å². The number of benzene rings is 1. The predicted molar refractivity (Wildman–Crippen MR) is 81.6 cm³/mol. The minimum absolute atomic E-state index is 0.0392. The maximum Gasteiger partial charge on any atom is 0.410 e. The third kappa shape index (κ3) is 2.79. The van der Waals surface area contributed by atoms with Crippen LogP contribution in [-0.4, -0.2) is 51.8 Å². The summed E-state index contributed by atoms with van der Waals surface area (Å²) in [5.41, 5.74) is 0.725. The van der Waals surface area contributed by atoms with Crippen molar-refractivity contribution < 1.29 is 18.0 Å². The zero-order chi connectivity index (χ0) is 17.5. The molecule has 1 unspecified atom stereocenters. The first-order valence-electron chi connectivity index (χ1n) is 7.52. The molecule has 2 aromatic rings. The van der Waals surface area contributed by atoms with Crippen LogP contribution in [0.2, 0.25) is 0 Å². The highest BCUT2D eigenvalue weighted by Gasteiger charge is 2.46. The molecule has 1 atom stereocenters. The number of nitrogens with zero attached hydrogens (tertiary/aromatic N) is 3. The lowest BCUT2D eigenvalue weighted by atomic mass is 10.2. The first kappa shape index (κ1) is 16.6. The zero-order valence-electron chi connectivity index (χ0n) is 13.0. The molecule has 0 bridgehead atoms. The average molecular weight is 342 g/mol. The molecule has 1 saturated heterocycles. The predicted octanol–water partition coefficient (Wildman–Crippen LogP) is 0.703. The lowest BCUT2D eigenvalue weighted by molar-refractivity contribution is -0.192. The molecule has 0 saturated carbocycles. The minimum atomic E-state index is -4.51. The SMILES string of the molecule is Cn1c(=O)n(CC(=O)N2CCNCC2C(F)(F)F)c2ccccc21. The Balaban J connectivity index is 1.92. The molecule has 0 aliphatic carbocycles. The van der Waals surface area contributed by atoms with Crippen LogP contribution in [0.15, 0.2) is 29.1 Å². The molecule has 0 radical (unpaired) electrons. The Morgan fingerprint density at radius 3 is 2.62 bits per heavy atom. The molecular weight excluding hydrogens is 325 g/mol. The lowest BCUT2D eigenvalue weighted by Crippen LogP contribution is -2.60. The number of hydrogen-bond donors (Lipinski definition) is 1.